The highest BCUT2D eigenvalue weighted by atomic mass is 35.5. The molecular weight excluding hydrogens is 297 g/mol. The Labute approximate surface area is 127 Å². The van der Waals surface area contributed by atoms with E-state index >= 15 is 0 Å². The molecule has 0 aliphatic carbocycles. The highest BCUT2D eigenvalue weighted by Crippen LogP contribution is 2.20. The van der Waals surface area contributed by atoms with E-state index in [1.165, 1.54) is 35.3 Å². The molecule has 0 bridgehead atoms. The number of likely N-dealkylation sites (N-methyl/N-ethyl adjacent to an activating group) is 1. The third-order valence-corrected chi connectivity index (χ3v) is 3.35. The largest absolute Gasteiger partial charge is 0.481 e. The minimum absolute atomic E-state index is 0.134. The molecule has 0 fully saturated rings. The Morgan fingerprint density at radius 2 is 2.14 bits per heavy atom. The number of nitrogens with zero attached hydrogens (tertiary/aromatic N) is 1. The predicted molar refractivity (Wildman–Crippen MR) is 79.5 cm³/mol. The molecule has 114 valence electrons. The van der Waals surface area contributed by atoms with Crippen LogP contribution in [0, 0.1) is 5.82 Å². The van der Waals surface area contributed by atoms with Gasteiger partial charge in [0.05, 0.1) is 11.4 Å². The van der Waals surface area contributed by atoms with Gasteiger partial charge in [-0.3, -0.25) is 9.59 Å². The summed E-state index contributed by atoms with van der Waals surface area (Å²) in [6.45, 7) is 3.77. The summed E-state index contributed by atoms with van der Waals surface area (Å²) in [5.41, 5.74) is 0.134. The van der Waals surface area contributed by atoms with Crippen molar-refractivity contribution < 1.29 is 19.1 Å². The van der Waals surface area contributed by atoms with Gasteiger partial charge in [0.25, 0.3) is 0 Å². The fourth-order valence-corrected chi connectivity index (χ4v) is 2.19. The van der Waals surface area contributed by atoms with E-state index in [0.29, 0.717) is 6.54 Å². The minimum Gasteiger partial charge on any atom is -0.481 e. The third-order valence-electron chi connectivity index (χ3n) is 3.02. The number of carbonyl (C=O) groups is 2. The molecule has 4 nitrogen and oxygen atoms in total. The number of hydrogen-bond donors (Lipinski definition) is 1. The van der Waals surface area contributed by atoms with Crippen LogP contribution in [0.15, 0.2) is 24.3 Å². The zero-order valence-corrected chi connectivity index (χ0v) is 12.6. The van der Waals surface area contributed by atoms with Crippen LogP contribution in [-0.2, 0) is 9.59 Å². The SMILES string of the molecule is CCN(C(=O)C=Cc1c(F)cccc1Cl)C(C)CC(=O)O. The van der Waals surface area contributed by atoms with E-state index in [1.54, 1.807) is 13.8 Å². The molecule has 1 aromatic rings. The van der Waals surface area contributed by atoms with Crippen molar-refractivity contribution in [1.82, 2.24) is 4.90 Å². The van der Waals surface area contributed by atoms with Gasteiger partial charge in [-0.15, -0.1) is 0 Å². The van der Waals surface area contributed by atoms with Gasteiger partial charge in [0.15, 0.2) is 0 Å². The first kappa shape index (κ1) is 17.2. The summed E-state index contributed by atoms with van der Waals surface area (Å²) in [7, 11) is 0. The first-order valence-corrected chi connectivity index (χ1v) is 6.89. The fraction of sp³-hybridized carbons (Fsp3) is 0.333. The number of carboxylic acids is 1. The third kappa shape index (κ3) is 4.86. The number of aliphatic carboxylic acids is 1. The van der Waals surface area contributed by atoms with E-state index in [0.717, 1.165) is 0 Å². The molecule has 0 aliphatic heterocycles. The van der Waals surface area contributed by atoms with Crippen LogP contribution in [0.4, 0.5) is 4.39 Å². The summed E-state index contributed by atoms with van der Waals surface area (Å²) < 4.78 is 13.6. The topological polar surface area (TPSA) is 57.6 Å². The minimum atomic E-state index is -0.977. The molecule has 0 radical (unpaired) electrons. The van der Waals surface area contributed by atoms with Gasteiger partial charge < -0.3 is 10.0 Å². The molecule has 1 aromatic carbocycles. The number of rotatable bonds is 6. The van der Waals surface area contributed by atoms with Gasteiger partial charge in [-0.2, -0.15) is 0 Å². The van der Waals surface area contributed by atoms with Crippen molar-refractivity contribution in [3.63, 3.8) is 0 Å². The van der Waals surface area contributed by atoms with E-state index < -0.39 is 17.8 Å². The number of benzene rings is 1. The van der Waals surface area contributed by atoms with Gasteiger partial charge in [0, 0.05) is 24.2 Å². The number of hydrogen-bond acceptors (Lipinski definition) is 2. The molecule has 0 aliphatic rings. The van der Waals surface area contributed by atoms with Gasteiger partial charge >= 0.3 is 5.97 Å². The Morgan fingerprint density at radius 1 is 1.48 bits per heavy atom. The smallest absolute Gasteiger partial charge is 0.305 e. The lowest BCUT2D eigenvalue weighted by Crippen LogP contribution is -2.38. The molecule has 1 unspecified atom stereocenters. The lowest BCUT2D eigenvalue weighted by Gasteiger charge is -2.25. The van der Waals surface area contributed by atoms with Crippen LogP contribution < -0.4 is 0 Å². The molecular formula is C15H17ClFNO3. The maximum Gasteiger partial charge on any atom is 0.305 e. The normalized spacial score (nSPS) is 12.4. The molecule has 0 saturated carbocycles. The van der Waals surface area contributed by atoms with Crippen molar-refractivity contribution in [2.45, 2.75) is 26.3 Å². The monoisotopic (exact) mass is 313 g/mol. The van der Waals surface area contributed by atoms with Crippen molar-refractivity contribution in [2.24, 2.45) is 0 Å². The molecule has 1 rings (SSSR count). The second-order valence-corrected chi connectivity index (χ2v) is 4.95. The average molecular weight is 314 g/mol. The highest BCUT2D eigenvalue weighted by Gasteiger charge is 2.19. The Balaban J connectivity index is 2.87. The van der Waals surface area contributed by atoms with Crippen LogP contribution in [0.25, 0.3) is 6.08 Å². The van der Waals surface area contributed by atoms with Crippen molar-refractivity contribution in [1.29, 1.82) is 0 Å². The van der Waals surface area contributed by atoms with Crippen molar-refractivity contribution in [3.05, 3.63) is 40.7 Å². The van der Waals surface area contributed by atoms with Crippen LogP contribution in [0.1, 0.15) is 25.8 Å². The zero-order chi connectivity index (χ0) is 16.0. The predicted octanol–water partition coefficient (Wildman–Crippen LogP) is 3.20. The molecule has 0 saturated heterocycles. The first-order chi connectivity index (χ1) is 9.86. The van der Waals surface area contributed by atoms with Gasteiger partial charge in [0.1, 0.15) is 5.82 Å². The van der Waals surface area contributed by atoms with E-state index in [1.807, 2.05) is 0 Å². The van der Waals surface area contributed by atoms with Crippen molar-refractivity contribution >= 4 is 29.6 Å². The average Bonchev–Trinajstić information content (AvgIpc) is 2.38. The van der Waals surface area contributed by atoms with Crippen LogP contribution in [0.5, 0.6) is 0 Å². The summed E-state index contributed by atoms with van der Waals surface area (Å²) in [5.74, 6) is -1.88. The Morgan fingerprint density at radius 3 is 2.67 bits per heavy atom. The Hall–Kier alpha value is -1.88. The molecule has 1 atom stereocenters. The summed E-state index contributed by atoms with van der Waals surface area (Å²) in [4.78, 5) is 24.2. The summed E-state index contributed by atoms with van der Waals surface area (Å²) in [5, 5.41) is 8.98. The molecule has 6 heteroatoms. The van der Waals surface area contributed by atoms with Crippen molar-refractivity contribution in [2.75, 3.05) is 6.54 Å². The van der Waals surface area contributed by atoms with Gasteiger partial charge in [-0.25, -0.2) is 4.39 Å². The molecule has 1 N–H and O–H groups in total. The number of carbonyl (C=O) groups excluding carboxylic acids is 1. The van der Waals surface area contributed by atoms with E-state index in [9.17, 15) is 14.0 Å². The number of halogens is 2. The number of carboxylic acid groups (broad SMARTS) is 1. The lowest BCUT2D eigenvalue weighted by atomic mass is 10.1. The number of amides is 1. The molecule has 0 spiro atoms. The maximum atomic E-state index is 13.6. The van der Waals surface area contributed by atoms with E-state index in [4.69, 9.17) is 16.7 Å². The first-order valence-electron chi connectivity index (χ1n) is 6.51. The molecule has 21 heavy (non-hydrogen) atoms. The highest BCUT2D eigenvalue weighted by molar-refractivity contribution is 6.32. The Kier molecular flexibility index (Phi) is 6.37. The lowest BCUT2D eigenvalue weighted by molar-refractivity contribution is -0.139. The summed E-state index contributed by atoms with van der Waals surface area (Å²) in [6, 6.07) is 3.81. The van der Waals surface area contributed by atoms with Crippen LogP contribution in [0.2, 0.25) is 5.02 Å². The molecule has 0 aromatic heterocycles. The fourth-order valence-electron chi connectivity index (χ4n) is 1.97. The van der Waals surface area contributed by atoms with Gasteiger partial charge in [0.2, 0.25) is 5.91 Å². The zero-order valence-electron chi connectivity index (χ0n) is 11.8. The maximum absolute atomic E-state index is 13.6. The molecule has 0 heterocycles. The van der Waals surface area contributed by atoms with Gasteiger partial charge in [-0.1, -0.05) is 17.7 Å². The van der Waals surface area contributed by atoms with Crippen molar-refractivity contribution in [3.8, 4) is 0 Å². The van der Waals surface area contributed by atoms with Crippen LogP contribution in [0.3, 0.4) is 0 Å². The van der Waals surface area contributed by atoms with Gasteiger partial charge in [-0.05, 0) is 32.1 Å². The van der Waals surface area contributed by atoms with Crippen LogP contribution >= 0.6 is 11.6 Å². The summed E-state index contributed by atoms with van der Waals surface area (Å²) in [6.07, 6.45) is 2.36. The molecule has 1 amide bonds. The Bertz CT molecular complexity index is 540. The van der Waals surface area contributed by atoms with E-state index in [2.05, 4.69) is 0 Å². The quantitative estimate of drug-likeness (QED) is 0.820. The van der Waals surface area contributed by atoms with Crippen LogP contribution in [-0.4, -0.2) is 34.5 Å². The second kappa shape index (κ2) is 7.78. The summed E-state index contributed by atoms with van der Waals surface area (Å²) >= 11 is 5.86. The standard InChI is InChI=1S/C15H17ClFNO3/c1-3-18(10(2)9-15(20)21)14(19)8-7-11-12(16)5-4-6-13(11)17/h4-8,10H,3,9H2,1-2H3,(H,20,21). The van der Waals surface area contributed by atoms with E-state index in [-0.39, 0.29) is 22.9 Å². The second-order valence-electron chi connectivity index (χ2n) is 4.54.